The van der Waals surface area contributed by atoms with Crippen molar-refractivity contribution in [3.05, 3.63) is 132 Å². The molecule has 0 aromatic heterocycles. The Morgan fingerprint density at radius 2 is 0.797 bits per heavy atom. The number of azo groups is 1. The van der Waals surface area contributed by atoms with Crippen LogP contribution in [-0.4, -0.2) is 58.5 Å². The van der Waals surface area contributed by atoms with E-state index in [9.17, 15) is 9.59 Å². The minimum Gasteiger partial charge on any atom is -0.494 e. The predicted octanol–water partition coefficient (Wildman–Crippen LogP) is 13.8. The first-order valence-corrected chi connectivity index (χ1v) is 22.6. The number of carbonyl (C=O) groups is 2. The molecule has 0 saturated carbocycles. The number of hydrogen-bond donors (Lipinski definition) is 0. The second-order valence-corrected chi connectivity index (χ2v) is 15.6. The van der Waals surface area contributed by atoms with Gasteiger partial charge in [-0.1, -0.05) is 24.1 Å². The van der Waals surface area contributed by atoms with Gasteiger partial charge in [0.2, 0.25) is 0 Å². The molecule has 64 heavy (non-hydrogen) atoms. The van der Waals surface area contributed by atoms with Gasteiger partial charge in [-0.2, -0.15) is 10.2 Å². The van der Waals surface area contributed by atoms with Crippen molar-refractivity contribution in [3.8, 4) is 34.5 Å². The molecule has 0 unspecified atom stereocenters. The molecule has 0 fully saturated rings. The highest BCUT2D eigenvalue weighted by molar-refractivity contribution is 5.98. The quantitative estimate of drug-likeness (QED) is 0.0185. The van der Waals surface area contributed by atoms with Gasteiger partial charge in [0, 0.05) is 19.3 Å². The Morgan fingerprint density at radius 1 is 0.422 bits per heavy atom. The summed E-state index contributed by atoms with van der Waals surface area (Å²) in [5.41, 5.74) is 3.49. The third kappa shape index (κ3) is 19.0. The summed E-state index contributed by atoms with van der Waals surface area (Å²) in [6.07, 6.45) is 11.5. The van der Waals surface area contributed by atoms with Crippen molar-refractivity contribution in [1.82, 2.24) is 0 Å². The number of ether oxygens (including phenoxy) is 7. The van der Waals surface area contributed by atoms with Gasteiger partial charge in [0.25, 0.3) is 0 Å². The summed E-state index contributed by atoms with van der Waals surface area (Å²) in [7, 11) is 1.74. The van der Waals surface area contributed by atoms with Gasteiger partial charge in [-0.25, -0.2) is 4.79 Å². The van der Waals surface area contributed by atoms with Gasteiger partial charge in [0.1, 0.15) is 34.5 Å². The molecule has 0 heterocycles. The smallest absolute Gasteiger partial charge is 0.338 e. The summed E-state index contributed by atoms with van der Waals surface area (Å²) in [6, 6.07) is 35.7. The lowest BCUT2D eigenvalue weighted by atomic mass is 10.1. The van der Waals surface area contributed by atoms with Crippen LogP contribution < -0.4 is 23.7 Å². The number of esters is 1. The van der Waals surface area contributed by atoms with Crippen molar-refractivity contribution < 1.29 is 42.7 Å². The molecule has 0 atom stereocenters. The number of hydrogen-bond acceptors (Lipinski definition) is 11. The van der Waals surface area contributed by atoms with Crippen LogP contribution in [0.25, 0.3) is 0 Å². The molecule has 0 spiro atoms. The number of methoxy groups -OCH3 is 1. The zero-order valence-corrected chi connectivity index (χ0v) is 37.8. The van der Waals surface area contributed by atoms with E-state index in [4.69, 9.17) is 33.2 Å². The van der Waals surface area contributed by atoms with Crippen LogP contribution in [0.3, 0.4) is 0 Å². The van der Waals surface area contributed by atoms with Crippen molar-refractivity contribution in [2.75, 3.05) is 46.8 Å². The van der Waals surface area contributed by atoms with Crippen LogP contribution in [0.2, 0.25) is 0 Å². The van der Waals surface area contributed by atoms with Crippen LogP contribution in [0.4, 0.5) is 11.4 Å². The summed E-state index contributed by atoms with van der Waals surface area (Å²) in [4.78, 5) is 25.2. The fourth-order valence-corrected chi connectivity index (χ4v) is 6.51. The molecule has 5 aromatic carbocycles. The summed E-state index contributed by atoms with van der Waals surface area (Å²) >= 11 is 0. The summed E-state index contributed by atoms with van der Waals surface area (Å²) in [5.74, 6) is 3.76. The van der Waals surface area contributed by atoms with Gasteiger partial charge < -0.3 is 33.2 Å². The Morgan fingerprint density at radius 3 is 1.25 bits per heavy atom. The maximum atomic E-state index is 12.9. The molecule has 5 aromatic rings. The van der Waals surface area contributed by atoms with Crippen molar-refractivity contribution in [2.45, 2.75) is 90.9 Å². The molecule has 0 aliphatic rings. The number of rotatable bonds is 31. The first-order valence-electron chi connectivity index (χ1n) is 22.6. The second kappa shape index (κ2) is 28.5. The number of aryl methyl sites for hydroxylation is 1. The van der Waals surface area contributed by atoms with Gasteiger partial charge in [0.05, 0.1) is 50.0 Å². The minimum atomic E-state index is -0.466. The number of ketones is 1. The van der Waals surface area contributed by atoms with Crippen LogP contribution in [0.5, 0.6) is 34.5 Å². The lowest BCUT2D eigenvalue weighted by Crippen LogP contribution is -2.09. The number of carbonyl (C=O) groups excluding carboxylic acids is 2. The topological polar surface area (TPSA) is 123 Å². The van der Waals surface area contributed by atoms with Crippen molar-refractivity contribution in [2.24, 2.45) is 10.2 Å². The van der Waals surface area contributed by atoms with Crippen LogP contribution >= 0.6 is 0 Å². The molecule has 0 radical (unpaired) electrons. The largest absolute Gasteiger partial charge is 0.494 e. The van der Waals surface area contributed by atoms with E-state index in [-0.39, 0.29) is 5.78 Å². The maximum absolute atomic E-state index is 12.9. The highest BCUT2D eigenvalue weighted by Crippen LogP contribution is 2.27. The molecule has 0 saturated heterocycles. The van der Waals surface area contributed by atoms with Crippen LogP contribution in [0, 0.1) is 6.92 Å². The van der Waals surface area contributed by atoms with Crippen LogP contribution in [-0.2, 0) is 9.47 Å². The SMILES string of the molecule is COCCCCCCOc1ccc(Oc2ccc(OCCCCCCOC(=O)c3cc(OCCCCCCOc4ccc(N=Nc5ccc(C)cc5)cc4)cc(C(C)=O)c3)cc2)cc1. The van der Waals surface area contributed by atoms with Gasteiger partial charge >= 0.3 is 5.97 Å². The maximum Gasteiger partial charge on any atom is 0.338 e. The Labute approximate surface area is 379 Å². The fraction of sp³-hybridized carbons (Fsp3) is 0.396. The summed E-state index contributed by atoms with van der Waals surface area (Å²) < 4.78 is 40.3. The summed E-state index contributed by atoms with van der Waals surface area (Å²) in [6.45, 7) is 7.00. The lowest BCUT2D eigenvalue weighted by molar-refractivity contribution is 0.0496. The monoisotopic (exact) mass is 872 g/mol. The molecular weight excluding hydrogens is 809 g/mol. The third-order valence-corrected chi connectivity index (χ3v) is 10.2. The van der Waals surface area contributed by atoms with Gasteiger partial charge in [-0.15, -0.1) is 0 Å². The van der Waals surface area contributed by atoms with Crippen molar-refractivity contribution >= 4 is 23.1 Å². The number of Topliss-reactive ketones (excluding diaryl/α,β-unsaturated/α-hetero) is 1. The van der Waals surface area contributed by atoms with Gasteiger partial charge in [-0.05, 0) is 188 Å². The highest BCUT2D eigenvalue weighted by atomic mass is 16.5. The molecule has 0 amide bonds. The summed E-state index contributed by atoms with van der Waals surface area (Å²) in [5, 5.41) is 8.57. The minimum absolute atomic E-state index is 0.143. The predicted molar refractivity (Wildman–Crippen MR) is 251 cm³/mol. The van der Waals surface area contributed by atoms with Crippen molar-refractivity contribution in [1.29, 1.82) is 0 Å². The van der Waals surface area contributed by atoms with E-state index >= 15 is 0 Å². The van der Waals surface area contributed by atoms with E-state index in [1.807, 2.05) is 104 Å². The fourth-order valence-electron chi connectivity index (χ4n) is 6.51. The van der Waals surface area contributed by atoms with E-state index in [1.165, 1.54) is 12.5 Å². The molecule has 5 rings (SSSR count). The second-order valence-electron chi connectivity index (χ2n) is 15.6. The van der Waals surface area contributed by atoms with Crippen LogP contribution in [0.1, 0.15) is 110 Å². The van der Waals surface area contributed by atoms with E-state index in [2.05, 4.69) is 10.2 Å². The number of nitrogens with zero attached hydrogens (tertiary/aromatic N) is 2. The van der Waals surface area contributed by atoms with Gasteiger partial charge in [0.15, 0.2) is 5.78 Å². The molecular formula is C53H64N2O9. The molecule has 0 aliphatic heterocycles. The molecule has 11 heteroatoms. The van der Waals surface area contributed by atoms with Gasteiger partial charge in [-0.3, -0.25) is 4.79 Å². The van der Waals surface area contributed by atoms with E-state index in [0.29, 0.717) is 49.9 Å². The average molecular weight is 873 g/mol. The normalized spacial score (nSPS) is 11.0. The first-order chi connectivity index (χ1) is 31.3. The Hall–Kier alpha value is -6.20. The highest BCUT2D eigenvalue weighted by Gasteiger charge is 2.13. The van der Waals surface area contributed by atoms with E-state index < -0.39 is 5.97 Å². The zero-order chi connectivity index (χ0) is 45.0. The number of benzene rings is 5. The molecule has 0 N–H and O–H groups in total. The Kier molecular flexibility index (Phi) is 21.7. The molecule has 11 nitrogen and oxygen atoms in total. The average Bonchev–Trinajstić information content (AvgIpc) is 3.31. The Bertz CT molecular complexity index is 2120. The molecule has 0 aliphatic carbocycles. The third-order valence-electron chi connectivity index (χ3n) is 10.2. The van der Waals surface area contributed by atoms with E-state index in [1.54, 1.807) is 25.3 Å². The van der Waals surface area contributed by atoms with E-state index in [0.717, 1.165) is 124 Å². The molecule has 340 valence electrons. The molecule has 0 bridgehead atoms. The zero-order valence-electron chi connectivity index (χ0n) is 37.8. The first kappa shape index (κ1) is 48.8. The lowest BCUT2D eigenvalue weighted by Gasteiger charge is -2.11. The Balaban J connectivity index is 0.886. The van der Waals surface area contributed by atoms with Crippen LogP contribution in [0.15, 0.2) is 125 Å². The number of unbranched alkanes of at least 4 members (excludes halogenated alkanes) is 9. The van der Waals surface area contributed by atoms with Crippen molar-refractivity contribution in [3.63, 3.8) is 0 Å². The standard InChI is InChI=1S/C53H64N2O9/c1-41-16-18-45(19-17-41)54-55-46-20-22-47(23-21-46)59-33-12-6-7-14-36-62-52-39-43(42(2)56)38-44(40-52)53(57)63-37-15-9-8-13-35-61-49-26-30-51(31-27-49)64-50-28-24-48(25-29-50)60-34-11-5-4-10-32-58-3/h16-31,38-40H,4-15,32-37H2,1-3H3.